The first-order valence-electron chi connectivity index (χ1n) is 3.65. The summed E-state index contributed by atoms with van der Waals surface area (Å²) < 4.78 is 9.72. The third-order valence-electron chi connectivity index (χ3n) is 1.56. The number of carboxylic acid groups (broad SMARTS) is 1. The summed E-state index contributed by atoms with van der Waals surface area (Å²) in [5.74, 6) is -0.999. The normalized spacial score (nSPS) is 13.3. The molecule has 0 bridgehead atoms. The standard InChI is InChI=1S/C7H15NO4/c1-11-6(12-2)4-3-5(8)7(9)10/h5-6H,3-4,8H2,1-2H3,(H,9,10)/t5-/m0/s1. The van der Waals surface area contributed by atoms with E-state index in [1.54, 1.807) is 0 Å². The Morgan fingerprint density at radius 3 is 2.25 bits per heavy atom. The lowest BCUT2D eigenvalue weighted by Crippen LogP contribution is -2.31. The van der Waals surface area contributed by atoms with Gasteiger partial charge in [-0.25, -0.2) is 0 Å². The highest BCUT2D eigenvalue weighted by Gasteiger charge is 2.14. The highest BCUT2D eigenvalue weighted by atomic mass is 16.7. The summed E-state index contributed by atoms with van der Waals surface area (Å²) in [6, 6.07) is -0.835. The van der Waals surface area contributed by atoms with E-state index in [9.17, 15) is 4.79 Å². The monoisotopic (exact) mass is 177 g/mol. The van der Waals surface area contributed by atoms with Gasteiger partial charge in [0.05, 0.1) is 0 Å². The molecule has 0 heterocycles. The molecule has 0 fully saturated rings. The summed E-state index contributed by atoms with van der Waals surface area (Å²) >= 11 is 0. The number of hydrogen-bond donors (Lipinski definition) is 2. The van der Waals surface area contributed by atoms with E-state index in [0.29, 0.717) is 12.8 Å². The van der Waals surface area contributed by atoms with Crippen molar-refractivity contribution in [3.63, 3.8) is 0 Å². The van der Waals surface area contributed by atoms with Gasteiger partial charge in [-0.15, -0.1) is 0 Å². The topological polar surface area (TPSA) is 81.8 Å². The Balaban J connectivity index is 3.58. The van der Waals surface area contributed by atoms with Crippen molar-refractivity contribution in [2.75, 3.05) is 14.2 Å². The molecule has 0 rings (SSSR count). The van der Waals surface area contributed by atoms with Crippen molar-refractivity contribution in [3.8, 4) is 0 Å². The van der Waals surface area contributed by atoms with E-state index in [-0.39, 0.29) is 6.29 Å². The maximum atomic E-state index is 10.3. The van der Waals surface area contributed by atoms with Crippen LogP contribution in [0.15, 0.2) is 0 Å². The minimum Gasteiger partial charge on any atom is -0.480 e. The molecule has 0 aromatic carbocycles. The van der Waals surface area contributed by atoms with Gasteiger partial charge in [-0.1, -0.05) is 0 Å². The van der Waals surface area contributed by atoms with Gasteiger partial charge in [-0.3, -0.25) is 4.79 Å². The molecule has 1 atom stereocenters. The molecule has 5 nitrogen and oxygen atoms in total. The third kappa shape index (κ3) is 4.27. The SMILES string of the molecule is COC(CC[C@H](N)C(=O)O)OC. The molecule has 0 aliphatic carbocycles. The zero-order valence-corrected chi connectivity index (χ0v) is 7.32. The predicted octanol–water partition coefficient (Wildman–Crippen LogP) is -0.203. The maximum absolute atomic E-state index is 10.3. The van der Waals surface area contributed by atoms with E-state index in [0.717, 1.165) is 0 Å². The molecule has 0 saturated heterocycles. The average molecular weight is 177 g/mol. The number of carbonyl (C=O) groups is 1. The van der Waals surface area contributed by atoms with Crippen molar-refractivity contribution in [3.05, 3.63) is 0 Å². The molecule has 0 unspecified atom stereocenters. The molecule has 3 N–H and O–H groups in total. The van der Waals surface area contributed by atoms with Gasteiger partial charge in [0, 0.05) is 20.6 Å². The Kier molecular flexibility index (Phi) is 5.61. The summed E-state index contributed by atoms with van der Waals surface area (Å²) in [6.07, 6.45) is 0.470. The zero-order chi connectivity index (χ0) is 9.56. The number of nitrogens with two attached hydrogens (primary N) is 1. The van der Waals surface area contributed by atoms with Gasteiger partial charge in [-0.05, 0) is 6.42 Å². The van der Waals surface area contributed by atoms with Crippen molar-refractivity contribution < 1.29 is 19.4 Å². The minimum atomic E-state index is -0.999. The molecular weight excluding hydrogens is 162 g/mol. The molecule has 0 radical (unpaired) electrons. The first-order chi connectivity index (χ1) is 5.61. The molecule has 0 aromatic rings. The van der Waals surface area contributed by atoms with E-state index >= 15 is 0 Å². The smallest absolute Gasteiger partial charge is 0.320 e. The first kappa shape index (κ1) is 11.4. The predicted molar refractivity (Wildman–Crippen MR) is 42.7 cm³/mol. The molecule has 0 spiro atoms. The first-order valence-corrected chi connectivity index (χ1v) is 3.65. The van der Waals surface area contributed by atoms with E-state index in [1.165, 1.54) is 14.2 Å². The van der Waals surface area contributed by atoms with E-state index in [1.807, 2.05) is 0 Å². The Labute approximate surface area is 71.5 Å². The van der Waals surface area contributed by atoms with Crippen LogP contribution in [0.1, 0.15) is 12.8 Å². The molecule has 0 amide bonds. The van der Waals surface area contributed by atoms with Crippen LogP contribution in [0, 0.1) is 0 Å². The van der Waals surface area contributed by atoms with Crippen LogP contribution in [0.25, 0.3) is 0 Å². The van der Waals surface area contributed by atoms with Gasteiger partial charge >= 0.3 is 5.97 Å². The summed E-state index contributed by atoms with van der Waals surface area (Å²) in [5.41, 5.74) is 5.26. The van der Waals surface area contributed by atoms with Crippen molar-refractivity contribution in [1.29, 1.82) is 0 Å². The summed E-state index contributed by atoms with van der Waals surface area (Å²) in [7, 11) is 3.00. The molecule has 0 saturated carbocycles. The van der Waals surface area contributed by atoms with Crippen LogP contribution in [0.4, 0.5) is 0 Å². The number of aliphatic carboxylic acids is 1. The lowest BCUT2D eigenvalue weighted by atomic mass is 10.2. The van der Waals surface area contributed by atoms with Crippen LogP contribution in [0.3, 0.4) is 0 Å². The van der Waals surface area contributed by atoms with Gasteiger partial charge in [0.25, 0.3) is 0 Å². The second-order valence-corrected chi connectivity index (χ2v) is 2.42. The minimum absolute atomic E-state index is 0.349. The van der Waals surface area contributed by atoms with Crippen LogP contribution in [0.5, 0.6) is 0 Å². The summed E-state index contributed by atoms with van der Waals surface area (Å²) in [6.45, 7) is 0. The Hall–Kier alpha value is -0.650. The molecule has 72 valence electrons. The molecule has 5 heteroatoms. The quantitative estimate of drug-likeness (QED) is 0.549. The fourth-order valence-electron chi connectivity index (χ4n) is 0.771. The summed E-state index contributed by atoms with van der Waals surface area (Å²) in [5, 5.41) is 8.43. The highest BCUT2D eigenvalue weighted by molar-refractivity contribution is 5.72. The second kappa shape index (κ2) is 5.93. The average Bonchev–Trinajstić information content (AvgIpc) is 2.05. The van der Waals surface area contributed by atoms with Crippen LogP contribution in [0.2, 0.25) is 0 Å². The zero-order valence-electron chi connectivity index (χ0n) is 7.32. The van der Waals surface area contributed by atoms with E-state index in [2.05, 4.69) is 0 Å². The second-order valence-electron chi connectivity index (χ2n) is 2.42. The van der Waals surface area contributed by atoms with E-state index < -0.39 is 12.0 Å². The summed E-state index contributed by atoms with van der Waals surface area (Å²) in [4.78, 5) is 10.3. The van der Waals surface area contributed by atoms with Crippen molar-refractivity contribution in [2.24, 2.45) is 5.73 Å². The third-order valence-corrected chi connectivity index (χ3v) is 1.56. The fourth-order valence-corrected chi connectivity index (χ4v) is 0.771. The number of hydrogen-bond acceptors (Lipinski definition) is 4. The molecular formula is C7H15NO4. The van der Waals surface area contributed by atoms with Crippen molar-refractivity contribution in [2.45, 2.75) is 25.2 Å². The lowest BCUT2D eigenvalue weighted by molar-refractivity contribution is -0.140. The van der Waals surface area contributed by atoms with Gasteiger partial charge in [0.1, 0.15) is 6.04 Å². The number of carboxylic acids is 1. The number of rotatable bonds is 6. The Bertz CT molecular complexity index is 135. The maximum Gasteiger partial charge on any atom is 0.320 e. The van der Waals surface area contributed by atoms with Crippen molar-refractivity contribution >= 4 is 5.97 Å². The van der Waals surface area contributed by atoms with Gasteiger partial charge in [0.15, 0.2) is 6.29 Å². The highest BCUT2D eigenvalue weighted by Crippen LogP contribution is 2.03. The van der Waals surface area contributed by atoms with Crippen LogP contribution >= 0.6 is 0 Å². The molecule has 12 heavy (non-hydrogen) atoms. The van der Waals surface area contributed by atoms with Gasteiger partial charge in [0.2, 0.25) is 0 Å². The lowest BCUT2D eigenvalue weighted by Gasteiger charge is -2.14. The molecule has 0 aromatic heterocycles. The van der Waals surface area contributed by atoms with Crippen LogP contribution in [-0.4, -0.2) is 37.6 Å². The van der Waals surface area contributed by atoms with Gasteiger partial charge in [-0.2, -0.15) is 0 Å². The number of ether oxygens (including phenoxy) is 2. The fraction of sp³-hybridized carbons (Fsp3) is 0.857. The van der Waals surface area contributed by atoms with Crippen molar-refractivity contribution in [1.82, 2.24) is 0 Å². The Morgan fingerprint density at radius 1 is 1.42 bits per heavy atom. The molecule has 0 aliphatic heterocycles. The largest absolute Gasteiger partial charge is 0.480 e. The molecule has 0 aliphatic rings. The Morgan fingerprint density at radius 2 is 1.92 bits per heavy atom. The number of methoxy groups -OCH3 is 2. The van der Waals surface area contributed by atoms with Crippen LogP contribution in [-0.2, 0) is 14.3 Å². The van der Waals surface area contributed by atoms with Crippen LogP contribution < -0.4 is 5.73 Å². The van der Waals surface area contributed by atoms with Gasteiger partial charge < -0.3 is 20.3 Å². The van der Waals surface area contributed by atoms with E-state index in [4.69, 9.17) is 20.3 Å².